The molecule has 6 aromatic rings. The third-order valence-electron chi connectivity index (χ3n) is 9.46. The predicted octanol–water partition coefficient (Wildman–Crippen LogP) is 5.79. The van der Waals surface area contributed by atoms with Gasteiger partial charge in [-0.1, -0.05) is 99.7 Å². The molecule has 0 amide bonds. The monoisotopic (exact) mass is 730 g/mol. The number of fused-ring (bicyclic) bond motifs is 1. The highest BCUT2D eigenvalue weighted by Gasteiger charge is 2.38. The summed E-state index contributed by atoms with van der Waals surface area (Å²) in [5.74, 6) is 0.551. The molecule has 2 N–H and O–H groups in total. The van der Waals surface area contributed by atoms with Crippen LogP contribution in [0.2, 0.25) is 0 Å². The number of benzene rings is 3. The molecule has 12 heteroatoms. The zero-order valence-corrected chi connectivity index (χ0v) is 31.9. The van der Waals surface area contributed by atoms with Crippen molar-refractivity contribution in [2.75, 3.05) is 29.9 Å². The van der Waals surface area contributed by atoms with Gasteiger partial charge in [0.2, 0.25) is 9.04 Å². The number of halogens is 1. The fraction of sp³-hybridized carbons (Fsp3) is 0.300. The zero-order chi connectivity index (χ0) is 36.2. The summed E-state index contributed by atoms with van der Waals surface area (Å²) >= 11 is 1.28. The molecule has 266 valence electrons. The number of hydrogen-bond donors (Lipinski definition) is 2. The second-order valence-corrected chi connectivity index (χ2v) is 17.5. The number of nitrogens with zero attached hydrogens (tertiary/aromatic N) is 6. The highest BCUT2D eigenvalue weighted by atomic mass is 32.1. The first kappa shape index (κ1) is 35.5. The Hall–Kier alpha value is -4.93. The van der Waals surface area contributed by atoms with Crippen LogP contribution in [0.25, 0.3) is 16.9 Å². The SMILES string of the molecule is CCc1nc2ccc(N3CCN[C@H](C(O[SiH](c4ccccc4)c4ccccc4)C(C)(C)C)C3)nn2c1CNc1nc(-c2ccc(F)cc2)c(C#N)s1. The van der Waals surface area contributed by atoms with Crippen molar-refractivity contribution in [2.45, 2.75) is 52.8 Å². The maximum Gasteiger partial charge on any atom is 0.240 e. The quantitative estimate of drug-likeness (QED) is 0.162. The maximum atomic E-state index is 13.6. The minimum absolute atomic E-state index is 0.0489. The van der Waals surface area contributed by atoms with Crippen LogP contribution in [0.3, 0.4) is 0 Å². The third-order valence-corrected chi connectivity index (χ3v) is 12.9. The van der Waals surface area contributed by atoms with Crippen molar-refractivity contribution in [3.05, 3.63) is 119 Å². The van der Waals surface area contributed by atoms with E-state index < -0.39 is 9.04 Å². The molecule has 1 fully saturated rings. The minimum atomic E-state index is -2.00. The first-order chi connectivity index (χ1) is 25.2. The topological polar surface area (TPSA) is 103 Å². The van der Waals surface area contributed by atoms with E-state index >= 15 is 0 Å². The lowest BCUT2D eigenvalue weighted by molar-refractivity contribution is 0.0513. The van der Waals surface area contributed by atoms with Crippen molar-refractivity contribution in [1.82, 2.24) is 24.9 Å². The summed E-state index contributed by atoms with van der Waals surface area (Å²) in [5, 5.41) is 25.3. The molecule has 4 heterocycles. The molecule has 0 radical (unpaired) electrons. The smallest absolute Gasteiger partial charge is 0.240 e. The van der Waals surface area contributed by atoms with Gasteiger partial charge in [-0.25, -0.2) is 18.9 Å². The molecule has 1 unspecified atom stereocenters. The fourth-order valence-electron chi connectivity index (χ4n) is 6.92. The van der Waals surface area contributed by atoms with Crippen molar-refractivity contribution in [2.24, 2.45) is 5.41 Å². The Labute approximate surface area is 309 Å². The van der Waals surface area contributed by atoms with Crippen LogP contribution >= 0.6 is 11.3 Å². The van der Waals surface area contributed by atoms with E-state index in [4.69, 9.17) is 19.5 Å². The molecule has 7 rings (SSSR count). The highest BCUT2D eigenvalue weighted by Crippen LogP contribution is 2.32. The van der Waals surface area contributed by atoms with Gasteiger partial charge in [-0.05, 0) is 58.6 Å². The molecule has 0 saturated carbocycles. The number of nitrogens with one attached hydrogen (secondary N) is 2. The standard InChI is InChI=1S/C40H43FN8OSSi/c1-5-31-33(25-44-39-46-37(34(24-42)51-39)27-16-18-28(41)19-17-27)49-35(45-31)20-21-36(47-49)48-23-22-43-32(26-48)38(40(2,3)4)50-52(29-12-8-6-9-13-29)30-14-10-7-11-15-30/h6-21,32,38,43,52H,5,22-23,25-26H2,1-4H3,(H,44,46)/t32-,38?/m0/s1. The van der Waals surface area contributed by atoms with Gasteiger partial charge in [0.1, 0.15) is 28.3 Å². The van der Waals surface area contributed by atoms with E-state index in [0.29, 0.717) is 27.8 Å². The first-order valence-corrected chi connectivity index (χ1v) is 20.2. The number of anilines is 2. The molecule has 1 aliphatic heterocycles. The number of hydrogen-bond acceptors (Lipinski definition) is 9. The Morgan fingerprint density at radius 1 is 1.00 bits per heavy atom. The largest absolute Gasteiger partial charge is 0.406 e. The van der Waals surface area contributed by atoms with Gasteiger partial charge in [-0.15, -0.1) is 5.10 Å². The molecule has 0 aliphatic carbocycles. The van der Waals surface area contributed by atoms with Gasteiger partial charge in [0.05, 0.1) is 30.1 Å². The lowest BCUT2D eigenvalue weighted by atomic mass is 9.84. The average molecular weight is 731 g/mol. The van der Waals surface area contributed by atoms with E-state index in [2.05, 4.69) is 116 Å². The van der Waals surface area contributed by atoms with E-state index in [1.54, 1.807) is 12.1 Å². The van der Waals surface area contributed by atoms with Crippen molar-refractivity contribution < 1.29 is 8.82 Å². The normalized spacial score (nSPS) is 15.6. The number of piperazine rings is 1. The number of aryl methyl sites for hydroxylation is 1. The molecule has 9 nitrogen and oxygen atoms in total. The Balaban J connectivity index is 1.13. The molecule has 0 bridgehead atoms. The van der Waals surface area contributed by atoms with Crippen LogP contribution in [0.15, 0.2) is 97.1 Å². The van der Waals surface area contributed by atoms with E-state index in [1.165, 1.54) is 33.8 Å². The van der Waals surface area contributed by atoms with Crippen LogP contribution in [0.1, 0.15) is 44.0 Å². The fourth-order valence-corrected chi connectivity index (χ4v) is 10.4. The summed E-state index contributed by atoms with van der Waals surface area (Å²) in [6.45, 7) is 11.7. The van der Waals surface area contributed by atoms with Crippen molar-refractivity contribution in [3.8, 4) is 17.3 Å². The maximum absolute atomic E-state index is 13.6. The number of imidazole rings is 1. The number of rotatable bonds is 11. The first-order valence-electron chi connectivity index (χ1n) is 17.7. The van der Waals surface area contributed by atoms with Crippen molar-refractivity contribution >= 4 is 47.3 Å². The van der Waals surface area contributed by atoms with Gasteiger partial charge in [0.15, 0.2) is 10.8 Å². The Morgan fingerprint density at radius 3 is 2.33 bits per heavy atom. The van der Waals surface area contributed by atoms with E-state index in [9.17, 15) is 9.65 Å². The van der Waals surface area contributed by atoms with Crippen molar-refractivity contribution in [3.63, 3.8) is 0 Å². The summed E-state index contributed by atoms with van der Waals surface area (Å²) in [6, 6.07) is 33.8. The minimum Gasteiger partial charge on any atom is -0.406 e. The van der Waals surface area contributed by atoms with Crippen LogP contribution < -0.4 is 25.9 Å². The molecular formula is C40H43FN8OSSi. The molecule has 3 aromatic carbocycles. The molecule has 1 aliphatic rings. The Morgan fingerprint density at radius 2 is 1.69 bits per heavy atom. The molecule has 0 spiro atoms. The molecular weight excluding hydrogens is 688 g/mol. The lowest BCUT2D eigenvalue weighted by Gasteiger charge is -2.44. The summed E-state index contributed by atoms with van der Waals surface area (Å²) in [7, 11) is -2.00. The summed E-state index contributed by atoms with van der Waals surface area (Å²) in [6.07, 6.45) is 0.693. The molecule has 2 atom stereocenters. The number of thiazole rings is 1. The zero-order valence-electron chi connectivity index (χ0n) is 29.9. The van der Waals surface area contributed by atoms with Gasteiger partial charge >= 0.3 is 0 Å². The average Bonchev–Trinajstić information content (AvgIpc) is 3.75. The summed E-state index contributed by atoms with van der Waals surface area (Å²) in [4.78, 5) is 12.4. The second kappa shape index (κ2) is 15.4. The van der Waals surface area contributed by atoms with Crippen molar-refractivity contribution in [1.29, 1.82) is 5.26 Å². The van der Waals surface area contributed by atoms with Gasteiger partial charge in [-0.2, -0.15) is 5.26 Å². The predicted molar refractivity (Wildman–Crippen MR) is 210 cm³/mol. The third kappa shape index (κ3) is 7.63. The van der Waals surface area contributed by atoms with Crippen LogP contribution in [0.5, 0.6) is 0 Å². The van der Waals surface area contributed by atoms with Crippen LogP contribution in [0, 0.1) is 22.6 Å². The van der Waals surface area contributed by atoms with Crippen LogP contribution in [-0.4, -0.2) is 60.4 Å². The second-order valence-electron chi connectivity index (χ2n) is 14.1. The highest BCUT2D eigenvalue weighted by molar-refractivity contribution is 7.16. The summed E-state index contributed by atoms with van der Waals surface area (Å²) in [5.41, 5.74) is 3.79. The van der Waals surface area contributed by atoms with E-state index in [1.807, 2.05) is 10.6 Å². The number of aromatic nitrogens is 4. The molecule has 52 heavy (non-hydrogen) atoms. The van der Waals surface area contributed by atoms with Crippen LogP contribution in [-0.2, 0) is 17.4 Å². The van der Waals surface area contributed by atoms with E-state index in [-0.39, 0.29) is 23.4 Å². The van der Waals surface area contributed by atoms with Gasteiger partial charge in [0.25, 0.3) is 0 Å². The summed E-state index contributed by atoms with van der Waals surface area (Å²) < 4.78 is 22.8. The van der Waals surface area contributed by atoms with Gasteiger partial charge in [0, 0.05) is 25.2 Å². The number of nitriles is 1. The Bertz CT molecular complexity index is 2120. The van der Waals surface area contributed by atoms with Gasteiger partial charge < -0.3 is 20.0 Å². The molecule has 1 saturated heterocycles. The molecule has 3 aromatic heterocycles. The Kier molecular flexibility index (Phi) is 10.5. The van der Waals surface area contributed by atoms with Crippen LogP contribution in [0.4, 0.5) is 15.3 Å². The van der Waals surface area contributed by atoms with Gasteiger partial charge in [-0.3, -0.25) is 0 Å². The lowest BCUT2D eigenvalue weighted by Crippen LogP contribution is -2.62. The van der Waals surface area contributed by atoms with E-state index in [0.717, 1.165) is 48.9 Å².